The Morgan fingerprint density at radius 1 is 0.273 bits per heavy atom. The van der Waals surface area contributed by atoms with Gasteiger partial charge in [0.25, 0.3) is 0 Å². The van der Waals surface area contributed by atoms with Gasteiger partial charge in [0.1, 0.15) is 0 Å². The second-order valence-corrected chi connectivity index (χ2v) is 2.12. The van der Waals surface area contributed by atoms with Gasteiger partial charge in [0.15, 0.2) is 0 Å². The molecular formula is C6H27N5. The van der Waals surface area contributed by atoms with E-state index in [0.717, 1.165) is 0 Å². The molecule has 0 heterocycles. The molecule has 0 atom stereocenters. The molecule has 0 aromatic carbocycles. The molecule has 76 valence electrons. The quantitative estimate of drug-likeness (QED) is 0.373. The summed E-state index contributed by atoms with van der Waals surface area (Å²) < 4.78 is 0. The third-order valence-electron chi connectivity index (χ3n) is 1.50. The van der Waals surface area contributed by atoms with Gasteiger partial charge in [-0.15, -0.1) is 0 Å². The summed E-state index contributed by atoms with van der Waals surface area (Å²) in [5.74, 6) is 0. The minimum Gasteiger partial charge on any atom is -0.344 e. The van der Waals surface area contributed by atoms with E-state index in [4.69, 9.17) is 0 Å². The maximum Gasteiger partial charge on any atom is -0.0533 e. The zero-order valence-corrected chi connectivity index (χ0v) is 7.78. The summed E-state index contributed by atoms with van der Waals surface area (Å²) in [6.45, 7) is 0. The van der Waals surface area contributed by atoms with Crippen LogP contribution in [0, 0.1) is 0 Å². The van der Waals surface area contributed by atoms with E-state index in [-0.39, 0.29) is 30.8 Å². The highest BCUT2D eigenvalue weighted by Crippen LogP contribution is 2.15. The highest BCUT2D eigenvalue weighted by atomic mass is 14.0. The molecule has 0 aliphatic heterocycles. The van der Waals surface area contributed by atoms with E-state index < -0.39 is 0 Å². The van der Waals surface area contributed by atoms with Crippen LogP contribution in [0.15, 0.2) is 0 Å². The van der Waals surface area contributed by atoms with Gasteiger partial charge in [-0.3, -0.25) is 0 Å². The predicted octanol–water partition coefficient (Wildman–Crippen LogP) is 3.15. The van der Waals surface area contributed by atoms with Crippen molar-refractivity contribution in [3.05, 3.63) is 0 Å². The molecule has 1 aliphatic rings. The van der Waals surface area contributed by atoms with Crippen LogP contribution in [-0.4, -0.2) is 0 Å². The molecule has 0 amide bonds. The Bertz CT molecular complexity index is 26.4. The highest BCUT2D eigenvalue weighted by Gasteiger charge is 1.95. The second kappa shape index (κ2) is 22.6. The SMILES string of the molecule is C1CCCCC1.N.N.N.N.N. The molecule has 0 aromatic heterocycles. The van der Waals surface area contributed by atoms with Crippen molar-refractivity contribution in [1.29, 1.82) is 0 Å². The smallest absolute Gasteiger partial charge is 0.0533 e. The summed E-state index contributed by atoms with van der Waals surface area (Å²) in [5, 5.41) is 0. The Morgan fingerprint density at radius 2 is 0.364 bits per heavy atom. The molecular weight excluding hydrogens is 142 g/mol. The van der Waals surface area contributed by atoms with Gasteiger partial charge >= 0.3 is 0 Å². The highest BCUT2D eigenvalue weighted by molar-refractivity contribution is 4.51. The Balaban J connectivity index is -0.0000000240. The van der Waals surface area contributed by atoms with Crippen LogP contribution < -0.4 is 30.8 Å². The molecule has 5 heteroatoms. The number of hydrogen-bond donors (Lipinski definition) is 5. The average molecular weight is 169 g/mol. The van der Waals surface area contributed by atoms with Crippen molar-refractivity contribution in [2.24, 2.45) is 0 Å². The third-order valence-corrected chi connectivity index (χ3v) is 1.50. The predicted molar refractivity (Wildman–Crippen MR) is 52.8 cm³/mol. The molecule has 0 bridgehead atoms. The molecule has 0 spiro atoms. The largest absolute Gasteiger partial charge is 0.344 e. The van der Waals surface area contributed by atoms with Gasteiger partial charge in [-0.25, -0.2) is 0 Å². The molecule has 1 fully saturated rings. The molecule has 15 N–H and O–H groups in total. The van der Waals surface area contributed by atoms with E-state index >= 15 is 0 Å². The van der Waals surface area contributed by atoms with Gasteiger partial charge in [-0.05, 0) is 0 Å². The molecule has 0 radical (unpaired) electrons. The van der Waals surface area contributed by atoms with Crippen molar-refractivity contribution in [2.75, 3.05) is 0 Å². The van der Waals surface area contributed by atoms with E-state index in [1.165, 1.54) is 38.5 Å². The number of rotatable bonds is 0. The summed E-state index contributed by atoms with van der Waals surface area (Å²) in [4.78, 5) is 0. The van der Waals surface area contributed by atoms with Gasteiger partial charge in [0.05, 0.1) is 0 Å². The van der Waals surface area contributed by atoms with Crippen LogP contribution in [0.4, 0.5) is 0 Å². The summed E-state index contributed by atoms with van der Waals surface area (Å²) in [6, 6.07) is 0. The standard InChI is InChI=1S/C6H12.5H3N/c1-2-4-6-5-3-1;;;;;/h1-6H2;5*1H3. The van der Waals surface area contributed by atoms with Gasteiger partial charge in [-0.2, -0.15) is 0 Å². The van der Waals surface area contributed by atoms with E-state index in [0.29, 0.717) is 0 Å². The fourth-order valence-electron chi connectivity index (χ4n) is 1.06. The minimum atomic E-state index is 0. The van der Waals surface area contributed by atoms with E-state index in [1.54, 1.807) is 0 Å². The van der Waals surface area contributed by atoms with Gasteiger partial charge in [0, 0.05) is 0 Å². The molecule has 1 saturated carbocycles. The maximum absolute atomic E-state index is 1.50. The average Bonchev–Trinajstić information content (AvgIpc) is 1.72. The Morgan fingerprint density at radius 3 is 0.455 bits per heavy atom. The second-order valence-electron chi connectivity index (χ2n) is 2.12. The van der Waals surface area contributed by atoms with Gasteiger partial charge in [0.2, 0.25) is 0 Å². The zero-order valence-electron chi connectivity index (χ0n) is 7.78. The summed E-state index contributed by atoms with van der Waals surface area (Å²) >= 11 is 0. The van der Waals surface area contributed by atoms with Crippen molar-refractivity contribution >= 4 is 0 Å². The molecule has 0 aromatic rings. The van der Waals surface area contributed by atoms with Crippen molar-refractivity contribution in [3.8, 4) is 0 Å². The zero-order chi connectivity index (χ0) is 4.24. The molecule has 0 unspecified atom stereocenters. The van der Waals surface area contributed by atoms with Crippen molar-refractivity contribution < 1.29 is 0 Å². The Labute approximate surface area is 70.2 Å². The molecule has 0 saturated heterocycles. The molecule has 1 rings (SSSR count). The first-order chi connectivity index (χ1) is 3.00. The maximum atomic E-state index is 1.50. The molecule has 5 nitrogen and oxygen atoms in total. The summed E-state index contributed by atoms with van der Waals surface area (Å²) in [6.07, 6.45) is 9.00. The van der Waals surface area contributed by atoms with Crippen molar-refractivity contribution in [3.63, 3.8) is 0 Å². The summed E-state index contributed by atoms with van der Waals surface area (Å²) in [7, 11) is 0. The monoisotopic (exact) mass is 169 g/mol. The first-order valence-corrected chi connectivity index (χ1v) is 3.00. The van der Waals surface area contributed by atoms with Crippen LogP contribution in [0.25, 0.3) is 0 Å². The lowest BCUT2D eigenvalue weighted by Crippen LogP contribution is -1.85. The fraction of sp³-hybridized carbons (Fsp3) is 1.00. The first kappa shape index (κ1) is 30.8. The Kier molecular flexibility index (Phi) is 63.2. The Hall–Kier alpha value is -0.200. The van der Waals surface area contributed by atoms with Gasteiger partial charge in [-0.1, -0.05) is 38.5 Å². The fourth-order valence-corrected chi connectivity index (χ4v) is 1.06. The minimum absolute atomic E-state index is 0. The molecule has 1 aliphatic carbocycles. The normalized spacial score (nSPS) is 13.1. The number of hydrogen-bond acceptors (Lipinski definition) is 5. The van der Waals surface area contributed by atoms with Crippen LogP contribution in [0.3, 0.4) is 0 Å². The lowest BCUT2D eigenvalue weighted by atomic mass is 10.0. The van der Waals surface area contributed by atoms with Crippen molar-refractivity contribution in [1.82, 2.24) is 30.8 Å². The van der Waals surface area contributed by atoms with Crippen LogP contribution in [0.2, 0.25) is 0 Å². The van der Waals surface area contributed by atoms with Crippen LogP contribution in [0.5, 0.6) is 0 Å². The van der Waals surface area contributed by atoms with E-state index in [9.17, 15) is 0 Å². The summed E-state index contributed by atoms with van der Waals surface area (Å²) in [5.41, 5.74) is 0. The topological polar surface area (TPSA) is 175 Å². The van der Waals surface area contributed by atoms with Gasteiger partial charge < -0.3 is 30.8 Å². The van der Waals surface area contributed by atoms with Crippen LogP contribution in [-0.2, 0) is 0 Å². The third kappa shape index (κ3) is 17.7. The van der Waals surface area contributed by atoms with Crippen molar-refractivity contribution in [2.45, 2.75) is 38.5 Å². The lowest BCUT2D eigenvalue weighted by Gasteiger charge is -2.05. The van der Waals surface area contributed by atoms with Crippen LogP contribution in [0.1, 0.15) is 38.5 Å². The van der Waals surface area contributed by atoms with Crippen LogP contribution >= 0.6 is 0 Å². The first-order valence-electron chi connectivity index (χ1n) is 3.00. The van der Waals surface area contributed by atoms with E-state index in [2.05, 4.69) is 0 Å². The molecule has 11 heavy (non-hydrogen) atoms. The lowest BCUT2D eigenvalue weighted by molar-refractivity contribution is 0.504. The van der Waals surface area contributed by atoms with E-state index in [1.807, 2.05) is 0 Å².